The summed E-state index contributed by atoms with van der Waals surface area (Å²) < 4.78 is 5.32. The zero-order valence-corrected chi connectivity index (χ0v) is 20.8. The molecule has 0 saturated heterocycles. The fourth-order valence-electron chi connectivity index (χ4n) is 3.83. The highest BCUT2D eigenvalue weighted by atomic mass is 28.4. The Morgan fingerprint density at radius 2 is 1.55 bits per heavy atom. The van der Waals surface area contributed by atoms with E-state index in [9.17, 15) is 9.59 Å². The number of amides is 1. The molecule has 1 aromatic carbocycles. The van der Waals surface area contributed by atoms with Gasteiger partial charge in [-0.05, 0) is 30.5 Å². The Balaban J connectivity index is 1.61. The number of nitrogens with one attached hydrogen (secondary N) is 1. The molecule has 0 bridgehead atoms. The second kappa shape index (κ2) is 13.5. The Morgan fingerprint density at radius 3 is 2.15 bits per heavy atom. The standard InChI is InChI=1S/C24H38N2O6Si/c1-26(2)20-12-13-21-19(17-24(28)32-22(21)18-20)16-23(27)25-14-10-8-6-4-3-5-7-9-11-15-33(29,30)31/h12-13,17-18,29-31H,3-11,14-16H2,1-2H3,(H,25,27). The minimum atomic E-state index is -3.85. The molecular weight excluding hydrogens is 440 g/mol. The lowest BCUT2D eigenvalue weighted by Gasteiger charge is -2.13. The third-order valence-corrected chi connectivity index (χ3v) is 6.72. The van der Waals surface area contributed by atoms with E-state index in [1.165, 1.54) is 6.07 Å². The summed E-state index contributed by atoms with van der Waals surface area (Å²) in [6.07, 6.45) is 9.27. The lowest BCUT2D eigenvalue weighted by Crippen LogP contribution is -2.33. The number of carbonyl (C=O) groups is 1. The molecule has 0 fully saturated rings. The number of unbranched alkanes of at least 4 members (excludes halogenated alkanes) is 8. The Hall–Kier alpha value is -2.20. The van der Waals surface area contributed by atoms with Gasteiger partial charge in [0, 0.05) is 49.9 Å². The van der Waals surface area contributed by atoms with Crippen molar-refractivity contribution >= 4 is 31.4 Å². The average molecular weight is 479 g/mol. The summed E-state index contributed by atoms with van der Waals surface area (Å²) in [5.74, 6) is -0.0979. The number of fused-ring (bicyclic) bond motifs is 1. The van der Waals surface area contributed by atoms with Crippen LogP contribution >= 0.6 is 0 Å². The van der Waals surface area contributed by atoms with Crippen molar-refractivity contribution in [2.75, 3.05) is 25.5 Å². The first kappa shape index (κ1) is 27.0. The van der Waals surface area contributed by atoms with E-state index in [1.807, 2.05) is 37.2 Å². The Morgan fingerprint density at radius 1 is 0.939 bits per heavy atom. The van der Waals surface area contributed by atoms with Gasteiger partial charge in [-0.1, -0.05) is 44.9 Å². The van der Waals surface area contributed by atoms with Gasteiger partial charge in [0.1, 0.15) is 5.58 Å². The van der Waals surface area contributed by atoms with Gasteiger partial charge in [-0.15, -0.1) is 0 Å². The topological polar surface area (TPSA) is 123 Å². The predicted octanol–water partition coefficient (Wildman–Crippen LogP) is 2.94. The van der Waals surface area contributed by atoms with E-state index in [-0.39, 0.29) is 18.4 Å². The molecule has 184 valence electrons. The van der Waals surface area contributed by atoms with E-state index in [0.717, 1.165) is 62.4 Å². The van der Waals surface area contributed by atoms with E-state index in [1.54, 1.807) is 0 Å². The Bertz CT molecular complexity index is 939. The van der Waals surface area contributed by atoms with E-state index < -0.39 is 14.4 Å². The van der Waals surface area contributed by atoms with Crippen molar-refractivity contribution in [1.82, 2.24) is 5.32 Å². The molecule has 0 aliphatic rings. The zero-order valence-electron chi connectivity index (χ0n) is 19.8. The first-order chi connectivity index (χ1) is 15.7. The molecule has 8 nitrogen and oxygen atoms in total. The fraction of sp³-hybridized carbons (Fsp3) is 0.583. The molecule has 9 heteroatoms. The van der Waals surface area contributed by atoms with Crippen molar-refractivity contribution in [2.24, 2.45) is 0 Å². The molecule has 0 saturated carbocycles. The molecule has 0 unspecified atom stereocenters. The molecule has 1 amide bonds. The number of hydrogen-bond acceptors (Lipinski definition) is 7. The monoisotopic (exact) mass is 478 g/mol. The number of nitrogens with zero attached hydrogens (tertiary/aromatic N) is 1. The van der Waals surface area contributed by atoms with Gasteiger partial charge in [-0.2, -0.15) is 0 Å². The average Bonchev–Trinajstić information content (AvgIpc) is 2.73. The summed E-state index contributed by atoms with van der Waals surface area (Å²) in [5.41, 5.74) is 1.64. The Kier molecular flexibility index (Phi) is 11.1. The maximum Gasteiger partial charge on any atom is 0.492 e. The Labute approximate surface area is 196 Å². The molecule has 1 heterocycles. The highest BCUT2D eigenvalue weighted by Gasteiger charge is 2.25. The highest BCUT2D eigenvalue weighted by molar-refractivity contribution is 6.56. The molecule has 2 aromatic rings. The summed E-state index contributed by atoms with van der Waals surface area (Å²) >= 11 is 0. The first-order valence-electron chi connectivity index (χ1n) is 11.8. The summed E-state index contributed by atoms with van der Waals surface area (Å²) in [7, 11) is -0.0226. The van der Waals surface area contributed by atoms with Gasteiger partial charge < -0.3 is 29.0 Å². The quantitative estimate of drug-likeness (QED) is 0.176. The van der Waals surface area contributed by atoms with E-state index in [2.05, 4.69) is 5.32 Å². The van der Waals surface area contributed by atoms with E-state index >= 15 is 0 Å². The SMILES string of the molecule is CN(C)c1ccc2c(CC(=O)NCCCCCCCCCCC[Si](O)(O)O)cc(=O)oc2c1. The number of hydrogen-bond donors (Lipinski definition) is 4. The van der Waals surface area contributed by atoms with Crippen LogP contribution in [-0.2, 0) is 11.2 Å². The van der Waals surface area contributed by atoms with Crippen molar-refractivity contribution in [3.63, 3.8) is 0 Å². The van der Waals surface area contributed by atoms with Crippen LogP contribution in [0, 0.1) is 0 Å². The van der Waals surface area contributed by atoms with Crippen LogP contribution < -0.4 is 15.8 Å². The molecule has 33 heavy (non-hydrogen) atoms. The van der Waals surface area contributed by atoms with Crippen LogP contribution in [0.5, 0.6) is 0 Å². The number of benzene rings is 1. The number of anilines is 1. The second-order valence-electron chi connectivity index (χ2n) is 8.90. The van der Waals surface area contributed by atoms with Gasteiger partial charge in [0.05, 0.1) is 6.42 Å². The maximum atomic E-state index is 12.4. The summed E-state index contributed by atoms with van der Waals surface area (Å²) in [5, 5.41) is 3.72. The van der Waals surface area contributed by atoms with Gasteiger partial charge in [-0.3, -0.25) is 4.79 Å². The lowest BCUT2D eigenvalue weighted by molar-refractivity contribution is -0.120. The fourth-order valence-corrected chi connectivity index (χ4v) is 4.56. The smallest absolute Gasteiger partial charge is 0.423 e. The molecule has 0 aliphatic heterocycles. The van der Waals surface area contributed by atoms with Crippen molar-refractivity contribution in [1.29, 1.82) is 0 Å². The van der Waals surface area contributed by atoms with Crippen LogP contribution in [0.15, 0.2) is 33.5 Å². The molecule has 4 N–H and O–H groups in total. The van der Waals surface area contributed by atoms with Gasteiger partial charge in [-0.25, -0.2) is 4.79 Å². The van der Waals surface area contributed by atoms with Crippen LogP contribution in [0.1, 0.15) is 63.4 Å². The van der Waals surface area contributed by atoms with Gasteiger partial charge in [0.2, 0.25) is 5.91 Å². The van der Waals surface area contributed by atoms with Crippen molar-refractivity contribution in [2.45, 2.75) is 70.3 Å². The molecule has 0 radical (unpaired) electrons. The van der Waals surface area contributed by atoms with Crippen molar-refractivity contribution in [3.8, 4) is 0 Å². The van der Waals surface area contributed by atoms with Crippen LogP contribution in [0.2, 0.25) is 6.04 Å². The molecular formula is C24H38N2O6Si. The summed E-state index contributed by atoms with van der Waals surface area (Å²) in [6.45, 7) is 0.623. The number of carbonyl (C=O) groups excluding carboxylic acids is 1. The largest absolute Gasteiger partial charge is 0.492 e. The minimum absolute atomic E-state index is 0.0979. The zero-order chi connectivity index (χ0) is 24.3. The van der Waals surface area contributed by atoms with Gasteiger partial charge in [0.25, 0.3) is 0 Å². The third kappa shape index (κ3) is 10.5. The summed E-state index contributed by atoms with van der Waals surface area (Å²) in [4.78, 5) is 53.1. The molecule has 1 aromatic heterocycles. The first-order valence-corrected chi connectivity index (χ1v) is 13.9. The lowest BCUT2D eigenvalue weighted by atomic mass is 10.1. The summed E-state index contributed by atoms with van der Waals surface area (Å²) in [6, 6.07) is 7.16. The predicted molar refractivity (Wildman–Crippen MR) is 132 cm³/mol. The third-order valence-electron chi connectivity index (χ3n) is 5.69. The van der Waals surface area contributed by atoms with E-state index in [0.29, 0.717) is 24.1 Å². The van der Waals surface area contributed by atoms with Gasteiger partial charge >= 0.3 is 14.4 Å². The van der Waals surface area contributed by atoms with Crippen LogP contribution in [-0.4, -0.2) is 49.7 Å². The molecule has 0 aliphatic carbocycles. The van der Waals surface area contributed by atoms with Crippen LogP contribution in [0.3, 0.4) is 0 Å². The molecule has 0 spiro atoms. The van der Waals surface area contributed by atoms with Gasteiger partial charge in [0.15, 0.2) is 0 Å². The van der Waals surface area contributed by atoms with E-state index in [4.69, 9.17) is 18.8 Å². The maximum absolute atomic E-state index is 12.4. The van der Waals surface area contributed by atoms with Crippen LogP contribution in [0.25, 0.3) is 11.0 Å². The minimum Gasteiger partial charge on any atom is -0.423 e. The molecule has 0 atom stereocenters. The second-order valence-corrected chi connectivity index (χ2v) is 10.9. The number of rotatable bonds is 15. The van der Waals surface area contributed by atoms with Crippen LogP contribution in [0.4, 0.5) is 5.69 Å². The normalized spacial score (nSPS) is 11.7. The van der Waals surface area contributed by atoms with Crippen molar-refractivity contribution in [3.05, 3.63) is 40.2 Å². The molecule has 2 rings (SSSR count). The van der Waals surface area contributed by atoms with Crippen molar-refractivity contribution < 1.29 is 23.6 Å². The highest BCUT2D eigenvalue weighted by Crippen LogP contribution is 2.23.